The van der Waals surface area contributed by atoms with Crippen LogP contribution in [0.1, 0.15) is 39.5 Å². The van der Waals surface area contributed by atoms with Gasteiger partial charge in [0.2, 0.25) is 0 Å². The normalized spacial score (nSPS) is 13.0. The highest BCUT2D eigenvalue weighted by Crippen LogP contribution is 2.20. The smallest absolute Gasteiger partial charge is 0.178 e. The number of halogens is 1. The first kappa shape index (κ1) is 14.3. The van der Waals surface area contributed by atoms with Crippen LogP contribution in [0.3, 0.4) is 0 Å². The number of rotatable bonds is 6. The molecule has 1 heterocycles. The molecule has 4 heteroatoms. The zero-order chi connectivity index (χ0) is 13.8. The molecule has 0 aliphatic heterocycles. The fourth-order valence-corrected chi connectivity index (χ4v) is 2.78. The Hall–Kier alpha value is -1.16. The minimum atomic E-state index is -0.228. The van der Waals surface area contributed by atoms with E-state index in [0.717, 1.165) is 24.0 Å². The number of benzene rings is 1. The molecule has 2 nitrogen and oxygen atoms in total. The van der Waals surface area contributed by atoms with Crippen molar-refractivity contribution in [3.8, 4) is 0 Å². The summed E-state index contributed by atoms with van der Waals surface area (Å²) in [5, 5.41) is 0. The van der Waals surface area contributed by atoms with Crippen molar-refractivity contribution in [1.82, 2.24) is 9.55 Å². The Labute approximate surface area is 118 Å². The molecule has 104 valence electrons. The summed E-state index contributed by atoms with van der Waals surface area (Å²) in [6, 6.07) is 4.81. The summed E-state index contributed by atoms with van der Waals surface area (Å²) >= 11 is 5.36. The Morgan fingerprint density at radius 1 is 1.37 bits per heavy atom. The van der Waals surface area contributed by atoms with E-state index in [1.807, 2.05) is 6.07 Å². The number of imidazole rings is 1. The SMILES string of the molecule is CCCCC(CC)Cn1c(=S)[nH]c2cc(F)ccc21. The van der Waals surface area contributed by atoms with Crippen molar-refractivity contribution in [3.63, 3.8) is 0 Å². The summed E-state index contributed by atoms with van der Waals surface area (Å²) in [5.41, 5.74) is 1.79. The predicted octanol–water partition coefficient (Wildman–Crippen LogP) is 5.05. The van der Waals surface area contributed by atoms with Crippen LogP contribution in [0.2, 0.25) is 0 Å². The topological polar surface area (TPSA) is 20.7 Å². The molecule has 0 amide bonds. The summed E-state index contributed by atoms with van der Waals surface area (Å²) in [5.74, 6) is 0.407. The van der Waals surface area contributed by atoms with Gasteiger partial charge in [-0.2, -0.15) is 0 Å². The van der Waals surface area contributed by atoms with Crippen molar-refractivity contribution < 1.29 is 4.39 Å². The molecule has 0 spiro atoms. The van der Waals surface area contributed by atoms with Crippen LogP contribution in [0.25, 0.3) is 11.0 Å². The van der Waals surface area contributed by atoms with Crippen LogP contribution in [0.15, 0.2) is 18.2 Å². The molecule has 1 unspecified atom stereocenters. The van der Waals surface area contributed by atoms with Crippen molar-refractivity contribution in [1.29, 1.82) is 0 Å². The van der Waals surface area contributed by atoms with Gasteiger partial charge in [0.25, 0.3) is 0 Å². The third kappa shape index (κ3) is 3.24. The molecule has 1 atom stereocenters. The maximum absolute atomic E-state index is 13.2. The zero-order valence-corrected chi connectivity index (χ0v) is 12.4. The van der Waals surface area contributed by atoms with Crippen molar-refractivity contribution in [2.75, 3.05) is 0 Å². The summed E-state index contributed by atoms with van der Waals surface area (Å²) in [6.07, 6.45) is 4.85. The van der Waals surface area contributed by atoms with E-state index in [2.05, 4.69) is 23.4 Å². The first-order valence-corrected chi connectivity index (χ1v) is 7.44. The summed E-state index contributed by atoms with van der Waals surface area (Å²) in [7, 11) is 0. The van der Waals surface area contributed by atoms with Gasteiger partial charge in [-0.15, -0.1) is 0 Å². The number of aromatic nitrogens is 2. The molecule has 0 saturated heterocycles. The monoisotopic (exact) mass is 280 g/mol. The van der Waals surface area contributed by atoms with Crippen molar-refractivity contribution in [2.24, 2.45) is 5.92 Å². The number of nitrogens with one attached hydrogen (secondary N) is 1. The Bertz CT molecular complexity index is 600. The molecule has 0 bridgehead atoms. The van der Waals surface area contributed by atoms with E-state index >= 15 is 0 Å². The molecular formula is C15H21FN2S. The molecule has 1 N–H and O–H groups in total. The highest BCUT2D eigenvalue weighted by Gasteiger charge is 2.11. The van der Waals surface area contributed by atoms with Gasteiger partial charge in [0.1, 0.15) is 5.82 Å². The zero-order valence-electron chi connectivity index (χ0n) is 11.6. The maximum atomic E-state index is 13.2. The van der Waals surface area contributed by atoms with Crippen molar-refractivity contribution in [2.45, 2.75) is 46.1 Å². The number of H-pyrrole nitrogens is 1. The highest BCUT2D eigenvalue weighted by atomic mass is 32.1. The molecule has 2 aromatic rings. The van der Waals surface area contributed by atoms with Gasteiger partial charge in [-0.3, -0.25) is 0 Å². The molecular weight excluding hydrogens is 259 g/mol. The molecule has 0 radical (unpaired) electrons. The average molecular weight is 280 g/mol. The van der Waals surface area contributed by atoms with Crippen LogP contribution in [0.5, 0.6) is 0 Å². The first-order chi connectivity index (χ1) is 9.15. The molecule has 1 aromatic heterocycles. The number of fused-ring (bicyclic) bond motifs is 1. The minimum absolute atomic E-state index is 0.228. The van der Waals surface area contributed by atoms with Gasteiger partial charge in [0.15, 0.2) is 4.77 Å². The Morgan fingerprint density at radius 3 is 2.84 bits per heavy atom. The third-order valence-electron chi connectivity index (χ3n) is 3.72. The fraction of sp³-hybridized carbons (Fsp3) is 0.533. The van der Waals surface area contributed by atoms with E-state index in [4.69, 9.17) is 12.2 Å². The number of aromatic amines is 1. The molecule has 2 rings (SSSR count). The molecule has 19 heavy (non-hydrogen) atoms. The van der Waals surface area contributed by atoms with E-state index in [-0.39, 0.29) is 5.82 Å². The van der Waals surface area contributed by atoms with Gasteiger partial charge >= 0.3 is 0 Å². The largest absolute Gasteiger partial charge is 0.330 e. The number of hydrogen-bond donors (Lipinski definition) is 1. The van der Waals surface area contributed by atoms with Crippen molar-refractivity contribution >= 4 is 23.3 Å². The maximum Gasteiger partial charge on any atom is 0.178 e. The molecule has 0 aliphatic carbocycles. The number of nitrogens with zero attached hydrogens (tertiary/aromatic N) is 1. The van der Waals surface area contributed by atoms with E-state index in [1.165, 1.54) is 31.4 Å². The van der Waals surface area contributed by atoms with Gasteiger partial charge in [-0.25, -0.2) is 4.39 Å². The second kappa shape index (κ2) is 6.33. The van der Waals surface area contributed by atoms with Crippen LogP contribution in [0, 0.1) is 16.5 Å². The summed E-state index contributed by atoms with van der Waals surface area (Å²) in [4.78, 5) is 3.09. The predicted molar refractivity (Wildman–Crippen MR) is 80.4 cm³/mol. The lowest BCUT2D eigenvalue weighted by molar-refractivity contribution is 0.393. The quantitative estimate of drug-likeness (QED) is 0.734. The van der Waals surface area contributed by atoms with Gasteiger partial charge in [-0.05, 0) is 42.8 Å². The second-order valence-corrected chi connectivity index (χ2v) is 5.51. The molecule has 0 fully saturated rings. The lowest BCUT2D eigenvalue weighted by atomic mass is 9.99. The van der Waals surface area contributed by atoms with E-state index in [1.54, 1.807) is 0 Å². The third-order valence-corrected chi connectivity index (χ3v) is 4.04. The summed E-state index contributed by atoms with van der Waals surface area (Å²) < 4.78 is 16.0. The van der Waals surface area contributed by atoms with E-state index in [0.29, 0.717) is 10.7 Å². The minimum Gasteiger partial charge on any atom is -0.330 e. The Balaban J connectivity index is 2.28. The fourth-order valence-electron chi connectivity index (χ4n) is 2.49. The van der Waals surface area contributed by atoms with Crippen LogP contribution in [0.4, 0.5) is 4.39 Å². The molecule has 0 aliphatic rings. The van der Waals surface area contributed by atoms with Gasteiger partial charge in [-0.1, -0.05) is 33.1 Å². The Morgan fingerprint density at radius 2 is 2.16 bits per heavy atom. The van der Waals surface area contributed by atoms with Crippen LogP contribution in [-0.4, -0.2) is 9.55 Å². The molecule has 1 aromatic carbocycles. The summed E-state index contributed by atoms with van der Waals surface area (Å²) in [6.45, 7) is 5.35. The van der Waals surface area contributed by atoms with Crippen LogP contribution >= 0.6 is 12.2 Å². The Kier molecular flexibility index (Phi) is 4.75. The lowest BCUT2D eigenvalue weighted by Gasteiger charge is -2.15. The van der Waals surface area contributed by atoms with Gasteiger partial charge < -0.3 is 9.55 Å². The van der Waals surface area contributed by atoms with Gasteiger partial charge in [0, 0.05) is 6.54 Å². The van der Waals surface area contributed by atoms with Gasteiger partial charge in [0.05, 0.1) is 11.0 Å². The number of hydrogen-bond acceptors (Lipinski definition) is 1. The number of unbranched alkanes of at least 4 members (excludes halogenated alkanes) is 1. The van der Waals surface area contributed by atoms with E-state index in [9.17, 15) is 4.39 Å². The highest BCUT2D eigenvalue weighted by molar-refractivity contribution is 7.71. The molecule has 0 saturated carbocycles. The first-order valence-electron chi connectivity index (χ1n) is 7.03. The van der Waals surface area contributed by atoms with E-state index < -0.39 is 0 Å². The van der Waals surface area contributed by atoms with Crippen LogP contribution < -0.4 is 0 Å². The lowest BCUT2D eigenvalue weighted by Crippen LogP contribution is -2.10. The van der Waals surface area contributed by atoms with Crippen molar-refractivity contribution in [3.05, 3.63) is 28.8 Å². The second-order valence-electron chi connectivity index (χ2n) is 5.12. The standard InChI is InChI=1S/C15H21FN2S/c1-3-5-6-11(4-2)10-18-14-8-7-12(16)9-13(14)17-15(18)19/h7-9,11H,3-6,10H2,1-2H3,(H,17,19). The van der Waals surface area contributed by atoms with Crippen LogP contribution in [-0.2, 0) is 6.54 Å². The average Bonchev–Trinajstić information content (AvgIpc) is 2.69.